The lowest BCUT2D eigenvalue weighted by molar-refractivity contribution is -0.142. The molecule has 0 N–H and O–H groups in total. The maximum atomic E-state index is 12.3. The molecule has 4 nitrogen and oxygen atoms in total. The van der Waals surface area contributed by atoms with Crippen LogP contribution in [0.3, 0.4) is 0 Å². The Balaban J connectivity index is 4.17. The van der Waals surface area contributed by atoms with E-state index in [0.717, 1.165) is 12.8 Å². The van der Waals surface area contributed by atoms with E-state index in [-0.39, 0.29) is 17.8 Å². The van der Waals surface area contributed by atoms with E-state index in [2.05, 4.69) is 6.92 Å². The van der Waals surface area contributed by atoms with Crippen LogP contribution in [0.15, 0.2) is 11.6 Å². The summed E-state index contributed by atoms with van der Waals surface area (Å²) in [5.74, 6) is -0.300. The first-order valence-electron chi connectivity index (χ1n) is 10.4. The van der Waals surface area contributed by atoms with Gasteiger partial charge in [0.15, 0.2) is 0 Å². The summed E-state index contributed by atoms with van der Waals surface area (Å²) in [5.41, 5.74) is 0.410. The molecule has 0 bridgehead atoms. The molecule has 0 saturated heterocycles. The van der Waals surface area contributed by atoms with Crippen molar-refractivity contribution in [3.8, 4) is 0 Å². The van der Waals surface area contributed by atoms with E-state index in [1.807, 2.05) is 27.7 Å². The van der Waals surface area contributed by atoms with Crippen molar-refractivity contribution in [2.45, 2.75) is 92.4 Å². The number of hydrogen-bond donors (Lipinski definition) is 0. The zero-order chi connectivity index (χ0) is 19.8. The second kappa shape index (κ2) is 15.9. The second-order valence-electron chi connectivity index (χ2n) is 7.90. The van der Waals surface area contributed by atoms with Crippen LogP contribution < -0.4 is 0 Å². The van der Waals surface area contributed by atoms with Crippen molar-refractivity contribution in [1.82, 2.24) is 0 Å². The minimum Gasteiger partial charge on any atom is -0.462 e. The summed E-state index contributed by atoms with van der Waals surface area (Å²) in [6, 6.07) is 0. The van der Waals surface area contributed by atoms with Crippen molar-refractivity contribution in [1.29, 1.82) is 0 Å². The maximum absolute atomic E-state index is 12.3. The predicted molar refractivity (Wildman–Crippen MR) is 107 cm³/mol. The molecular weight excluding hydrogens is 328 g/mol. The van der Waals surface area contributed by atoms with E-state index in [4.69, 9.17) is 9.47 Å². The topological polar surface area (TPSA) is 52.6 Å². The third-order valence-electron chi connectivity index (χ3n) is 3.97. The van der Waals surface area contributed by atoms with Gasteiger partial charge in [0.1, 0.15) is 0 Å². The maximum Gasteiger partial charge on any atom is 0.334 e. The summed E-state index contributed by atoms with van der Waals surface area (Å²) in [5, 5.41) is 0. The zero-order valence-corrected chi connectivity index (χ0v) is 17.6. The molecule has 0 rings (SSSR count). The fourth-order valence-corrected chi connectivity index (χ4v) is 2.57. The first-order chi connectivity index (χ1) is 12.4. The minimum absolute atomic E-state index is 0.273. The highest BCUT2D eigenvalue weighted by Gasteiger charge is 2.15. The Morgan fingerprint density at radius 1 is 0.808 bits per heavy atom. The van der Waals surface area contributed by atoms with Crippen LogP contribution in [-0.2, 0) is 19.1 Å². The molecule has 4 heteroatoms. The van der Waals surface area contributed by atoms with E-state index in [1.165, 1.54) is 44.6 Å². The van der Waals surface area contributed by atoms with E-state index in [9.17, 15) is 9.59 Å². The minimum atomic E-state index is -0.460. The van der Waals surface area contributed by atoms with Gasteiger partial charge in [-0.1, -0.05) is 79.6 Å². The average molecular weight is 369 g/mol. The number of hydrogen-bond acceptors (Lipinski definition) is 4. The third-order valence-corrected chi connectivity index (χ3v) is 3.97. The Hall–Kier alpha value is -1.32. The Bertz CT molecular complexity index is 410. The molecule has 0 radical (unpaired) electrons. The standard InChI is InChI=1S/C22H40O4/c1-6-7-8-9-10-11-12-13-14-25-22(24)20(15-18(2)3)16-21(23)26-17-19(4)5/h16,18-19H,6-15,17H2,1-5H3/b20-16-. The lowest BCUT2D eigenvalue weighted by Gasteiger charge is -2.11. The van der Waals surface area contributed by atoms with Crippen molar-refractivity contribution < 1.29 is 19.1 Å². The number of rotatable bonds is 15. The van der Waals surface area contributed by atoms with Gasteiger partial charge in [-0.2, -0.15) is 0 Å². The quantitative estimate of drug-likeness (QED) is 0.207. The van der Waals surface area contributed by atoms with Gasteiger partial charge in [-0.05, 0) is 24.7 Å². The van der Waals surface area contributed by atoms with Gasteiger partial charge in [0.2, 0.25) is 0 Å². The average Bonchev–Trinajstić information content (AvgIpc) is 2.57. The van der Waals surface area contributed by atoms with Gasteiger partial charge >= 0.3 is 11.9 Å². The van der Waals surface area contributed by atoms with Crippen molar-refractivity contribution in [3.05, 3.63) is 11.6 Å². The van der Waals surface area contributed by atoms with Gasteiger partial charge in [-0.3, -0.25) is 0 Å². The molecule has 0 unspecified atom stereocenters. The van der Waals surface area contributed by atoms with E-state index < -0.39 is 5.97 Å². The summed E-state index contributed by atoms with van der Waals surface area (Å²) in [6.45, 7) is 11.0. The van der Waals surface area contributed by atoms with Crippen LogP contribution in [0.4, 0.5) is 0 Å². The summed E-state index contributed by atoms with van der Waals surface area (Å²) in [7, 11) is 0. The van der Waals surface area contributed by atoms with Crippen LogP contribution in [0.25, 0.3) is 0 Å². The van der Waals surface area contributed by atoms with Crippen LogP contribution >= 0.6 is 0 Å². The third kappa shape index (κ3) is 15.0. The van der Waals surface area contributed by atoms with Gasteiger partial charge < -0.3 is 9.47 Å². The lowest BCUT2D eigenvalue weighted by Crippen LogP contribution is -2.14. The van der Waals surface area contributed by atoms with Crippen molar-refractivity contribution >= 4 is 11.9 Å². The van der Waals surface area contributed by atoms with Crippen LogP contribution in [0.1, 0.15) is 92.4 Å². The van der Waals surface area contributed by atoms with Crippen molar-refractivity contribution in [2.24, 2.45) is 11.8 Å². The lowest BCUT2D eigenvalue weighted by atomic mass is 10.0. The number of ether oxygens (including phenoxy) is 2. The van der Waals surface area contributed by atoms with Crippen LogP contribution in [0, 0.1) is 11.8 Å². The summed E-state index contributed by atoms with van der Waals surface area (Å²) < 4.78 is 10.5. The smallest absolute Gasteiger partial charge is 0.334 e. The highest BCUT2D eigenvalue weighted by Crippen LogP contribution is 2.14. The molecule has 0 amide bonds. The second-order valence-corrected chi connectivity index (χ2v) is 7.90. The SMILES string of the molecule is CCCCCCCCCCOC(=O)/C(=C\C(=O)OCC(C)C)CC(C)C. The van der Waals surface area contributed by atoms with E-state index in [0.29, 0.717) is 25.2 Å². The van der Waals surface area contributed by atoms with Crippen LogP contribution in [0.2, 0.25) is 0 Å². The van der Waals surface area contributed by atoms with Gasteiger partial charge in [0.25, 0.3) is 0 Å². The normalized spacial score (nSPS) is 11.9. The van der Waals surface area contributed by atoms with Crippen molar-refractivity contribution in [3.63, 3.8) is 0 Å². The van der Waals surface area contributed by atoms with E-state index >= 15 is 0 Å². The molecule has 0 heterocycles. The van der Waals surface area contributed by atoms with Crippen molar-refractivity contribution in [2.75, 3.05) is 13.2 Å². The molecular formula is C22H40O4. The summed E-state index contributed by atoms with van der Waals surface area (Å²) in [4.78, 5) is 24.1. The van der Waals surface area contributed by atoms with Gasteiger partial charge in [0.05, 0.1) is 13.2 Å². The molecule has 0 aromatic heterocycles. The van der Waals surface area contributed by atoms with Gasteiger partial charge in [0, 0.05) is 11.6 Å². The fourth-order valence-electron chi connectivity index (χ4n) is 2.57. The summed E-state index contributed by atoms with van der Waals surface area (Å²) in [6.07, 6.45) is 11.5. The Morgan fingerprint density at radius 2 is 1.38 bits per heavy atom. The van der Waals surface area contributed by atoms with Gasteiger partial charge in [-0.15, -0.1) is 0 Å². The molecule has 26 heavy (non-hydrogen) atoms. The molecule has 0 spiro atoms. The first kappa shape index (κ1) is 24.7. The molecule has 0 aliphatic rings. The molecule has 0 fully saturated rings. The number of carbonyl (C=O) groups excluding carboxylic acids is 2. The molecule has 152 valence electrons. The molecule has 0 aromatic carbocycles. The number of esters is 2. The monoisotopic (exact) mass is 368 g/mol. The highest BCUT2D eigenvalue weighted by molar-refractivity contribution is 5.96. The van der Waals surface area contributed by atoms with E-state index in [1.54, 1.807) is 0 Å². The molecule has 0 saturated carbocycles. The highest BCUT2D eigenvalue weighted by atomic mass is 16.5. The Labute approximate surface area is 160 Å². The van der Waals surface area contributed by atoms with Gasteiger partial charge in [-0.25, -0.2) is 9.59 Å². The zero-order valence-electron chi connectivity index (χ0n) is 17.6. The van der Waals surface area contributed by atoms with Crippen LogP contribution in [-0.4, -0.2) is 25.2 Å². The molecule has 0 aliphatic heterocycles. The number of carbonyl (C=O) groups is 2. The summed E-state index contributed by atoms with van der Waals surface area (Å²) >= 11 is 0. The Kier molecular flexibility index (Phi) is 15.1. The first-order valence-corrected chi connectivity index (χ1v) is 10.4. The fraction of sp³-hybridized carbons (Fsp3) is 0.818. The molecule has 0 aromatic rings. The predicted octanol–water partition coefficient (Wildman–Crippen LogP) is 5.84. The molecule has 0 aliphatic carbocycles. The Morgan fingerprint density at radius 3 is 1.92 bits per heavy atom. The largest absolute Gasteiger partial charge is 0.462 e. The van der Waals surface area contributed by atoms with Crippen LogP contribution in [0.5, 0.6) is 0 Å². The molecule has 0 atom stereocenters. The number of unbranched alkanes of at least 4 members (excludes halogenated alkanes) is 7.